The second kappa shape index (κ2) is 12.4. The average Bonchev–Trinajstić information content (AvgIpc) is 2.35. The van der Waals surface area contributed by atoms with Gasteiger partial charge in [0.2, 0.25) is 0 Å². The smallest absolute Gasteiger partial charge is 0.317 e. The van der Waals surface area contributed by atoms with E-state index in [-0.39, 0.29) is 6.54 Å². The predicted octanol–water partition coefficient (Wildman–Crippen LogP) is 3.24. The highest BCUT2D eigenvalue weighted by atomic mass is 16.4. The van der Waals surface area contributed by atoms with Gasteiger partial charge in [-0.3, -0.25) is 9.69 Å². The molecule has 0 aromatic heterocycles. The van der Waals surface area contributed by atoms with Crippen molar-refractivity contribution in [3.63, 3.8) is 0 Å². The molecule has 0 rings (SSSR count). The molecule has 0 aromatic carbocycles. The summed E-state index contributed by atoms with van der Waals surface area (Å²) < 4.78 is 0. The lowest BCUT2D eigenvalue weighted by atomic mass is 10.1. The van der Waals surface area contributed by atoms with E-state index in [4.69, 9.17) is 5.11 Å². The minimum Gasteiger partial charge on any atom is -0.480 e. The molecule has 0 radical (unpaired) electrons. The first-order valence-corrected chi connectivity index (χ1v) is 7.68. The van der Waals surface area contributed by atoms with Crippen molar-refractivity contribution in [3.8, 4) is 0 Å². The Balaban J connectivity index is 3.31. The summed E-state index contributed by atoms with van der Waals surface area (Å²) in [5, 5.41) is 18.3. The zero-order chi connectivity index (χ0) is 14.5. The molecule has 0 bridgehead atoms. The van der Waals surface area contributed by atoms with Crippen LogP contribution in [0.5, 0.6) is 0 Å². The summed E-state index contributed by atoms with van der Waals surface area (Å²) in [6.45, 7) is 2.13. The first kappa shape index (κ1) is 18.4. The number of carboxylic acids is 1. The highest BCUT2D eigenvalue weighted by Gasteiger charge is 2.13. The van der Waals surface area contributed by atoms with E-state index >= 15 is 0 Å². The Labute approximate surface area is 117 Å². The van der Waals surface area contributed by atoms with Gasteiger partial charge in [0.1, 0.15) is 6.23 Å². The third-order valence-electron chi connectivity index (χ3n) is 3.46. The predicted molar refractivity (Wildman–Crippen MR) is 78.1 cm³/mol. The number of unbranched alkanes of at least 4 members (excludes halogenated alkanes) is 8. The summed E-state index contributed by atoms with van der Waals surface area (Å²) in [7, 11) is 1.65. The van der Waals surface area contributed by atoms with Crippen LogP contribution in [0.2, 0.25) is 0 Å². The number of aliphatic hydroxyl groups is 1. The molecule has 2 N–H and O–H groups in total. The van der Waals surface area contributed by atoms with Crippen molar-refractivity contribution in [2.45, 2.75) is 77.4 Å². The van der Waals surface area contributed by atoms with Crippen molar-refractivity contribution in [1.82, 2.24) is 4.90 Å². The number of likely N-dealkylation sites (N-methyl/N-ethyl adjacent to an activating group) is 1. The SMILES string of the molecule is CCCCCCCCCCCC(O)N(C)CC(=O)O. The van der Waals surface area contributed by atoms with Crippen LogP contribution in [0.1, 0.15) is 71.1 Å². The highest BCUT2D eigenvalue weighted by molar-refractivity contribution is 5.69. The number of rotatable bonds is 13. The molecule has 0 aliphatic heterocycles. The van der Waals surface area contributed by atoms with Gasteiger partial charge in [0.25, 0.3) is 0 Å². The van der Waals surface area contributed by atoms with Gasteiger partial charge in [0.15, 0.2) is 0 Å². The molecule has 4 nitrogen and oxygen atoms in total. The van der Waals surface area contributed by atoms with Gasteiger partial charge in [0.05, 0.1) is 6.54 Å². The number of hydrogen-bond acceptors (Lipinski definition) is 3. The Morgan fingerprint density at radius 3 is 1.95 bits per heavy atom. The van der Waals surface area contributed by atoms with Crippen LogP contribution in [-0.4, -0.2) is 40.9 Å². The molecule has 1 atom stereocenters. The first-order chi connectivity index (χ1) is 9.07. The summed E-state index contributed by atoms with van der Waals surface area (Å²) in [5.41, 5.74) is 0. The van der Waals surface area contributed by atoms with Crippen LogP contribution < -0.4 is 0 Å². The lowest BCUT2D eigenvalue weighted by Crippen LogP contribution is -2.35. The van der Waals surface area contributed by atoms with Crippen molar-refractivity contribution in [3.05, 3.63) is 0 Å². The van der Waals surface area contributed by atoms with Crippen LogP contribution in [0.25, 0.3) is 0 Å². The second-order valence-electron chi connectivity index (χ2n) is 5.41. The van der Waals surface area contributed by atoms with Crippen LogP contribution in [0.15, 0.2) is 0 Å². The normalized spacial score (nSPS) is 12.8. The molecule has 1 unspecified atom stereocenters. The van der Waals surface area contributed by atoms with Gasteiger partial charge in [-0.2, -0.15) is 0 Å². The van der Waals surface area contributed by atoms with Crippen LogP contribution in [-0.2, 0) is 4.79 Å². The highest BCUT2D eigenvalue weighted by Crippen LogP contribution is 2.12. The van der Waals surface area contributed by atoms with Gasteiger partial charge in [-0.1, -0.05) is 58.3 Å². The summed E-state index contributed by atoms with van der Waals surface area (Å²) >= 11 is 0. The minimum absolute atomic E-state index is 0.0986. The molecule has 0 aliphatic rings. The quantitative estimate of drug-likeness (QED) is 0.399. The van der Waals surface area contributed by atoms with E-state index in [1.807, 2.05) is 0 Å². The Morgan fingerprint density at radius 2 is 1.47 bits per heavy atom. The molecular weight excluding hydrogens is 242 g/mol. The Kier molecular flexibility index (Phi) is 12.0. The first-order valence-electron chi connectivity index (χ1n) is 7.68. The van der Waals surface area contributed by atoms with Crippen molar-refractivity contribution < 1.29 is 15.0 Å². The molecule has 0 fully saturated rings. The minimum atomic E-state index is -0.895. The van der Waals surface area contributed by atoms with Gasteiger partial charge in [0, 0.05) is 0 Å². The topological polar surface area (TPSA) is 60.8 Å². The molecule has 0 spiro atoms. The zero-order valence-corrected chi connectivity index (χ0v) is 12.6. The summed E-state index contributed by atoms with van der Waals surface area (Å²) in [5.74, 6) is -0.895. The van der Waals surface area contributed by atoms with Crippen molar-refractivity contribution in [2.24, 2.45) is 0 Å². The van der Waals surface area contributed by atoms with Crippen LogP contribution in [0, 0.1) is 0 Å². The molecular formula is C15H31NO3. The van der Waals surface area contributed by atoms with E-state index in [0.717, 1.165) is 12.8 Å². The van der Waals surface area contributed by atoms with E-state index in [1.54, 1.807) is 7.05 Å². The standard InChI is InChI=1S/C15H31NO3/c1-3-4-5-6-7-8-9-10-11-12-14(17)16(2)13-15(18)19/h14,17H,3-13H2,1-2H3,(H,18,19). The maximum absolute atomic E-state index is 10.5. The van der Waals surface area contributed by atoms with E-state index < -0.39 is 12.2 Å². The van der Waals surface area contributed by atoms with Crippen LogP contribution in [0.4, 0.5) is 0 Å². The Morgan fingerprint density at radius 1 is 1.00 bits per heavy atom. The van der Waals surface area contributed by atoms with Gasteiger partial charge in [-0.25, -0.2) is 0 Å². The van der Waals surface area contributed by atoms with Gasteiger partial charge < -0.3 is 10.2 Å². The van der Waals surface area contributed by atoms with Crippen molar-refractivity contribution in [2.75, 3.05) is 13.6 Å². The molecule has 0 saturated carbocycles. The van der Waals surface area contributed by atoms with Crippen LogP contribution >= 0.6 is 0 Å². The largest absolute Gasteiger partial charge is 0.480 e. The molecule has 19 heavy (non-hydrogen) atoms. The third-order valence-corrected chi connectivity index (χ3v) is 3.46. The van der Waals surface area contributed by atoms with Gasteiger partial charge in [-0.15, -0.1) is 0 Å². The van der Waals surface area contributed by atoms with Crippen molar-refractivity contribution >= 4 is 5.97 Å². The zero-order valence-electron chi connectivity index (χ0n) is 12.6. The number of aliphatic carboxylic acids is 1. The lowest BCUT2D eigenvalue weighted by molar-refractivity contribution is -0.140. The fourth-order valence-electron chi connectivity index (χ4n) is 2.18. The molecule has 4 heteroatoms. The summed E-state index contributed by atoms with van der Waals surface area (Å²) in [4.78, 5) is 12.0. The van der Waals surface area contributed by atoms with Gasteiger partial charge in [-0.05, 0) is 19.9 Å². The van der Waals surface area contributed by atoms with Crippen LogP contribution in [0.3, 0.4) is 0 Å². The molecule has 0 aliphatic carbocycles. The van der Waals surface area contributed by atoms with Gasteiger partial charge >= 0.3 is 5.97 Å². The van der Waals surface area contributed by atoms with E-state index in [9.17, 15) is 9.90 Å². The number of nitrogens with zero attached hydrogens (tertiary/aromatic N) is 1. The van der Waals surface area contributed by atoms with E-state index in [1.165, 1.54) is 49.8 Å². The molecule has 0 heterocycles. The summed E-state index contributed by atoms with van der Waals surface area (Å²) in [6.07, 6.45) is 11.3. The van der Waals surface area contributed by atoms with E-state index in [2.05, 4.69) is 6.92 Å². The Bertz CT molecular complexity index is 221. The third kappa shape index (κ3) is 12.2. The lowest BCUT2D eigenvalue weighted by Gasteiger charge is -2.21. The number of aliphatic hydroxyl groups excluding tert-OH is 1. The Hall–Kier alpha value is -0.610. The molecule has 114 valence electrons. The number of hydrogen-bond donors (Lipinski definition) is 2. The number of carboxylic acid groups (broad SMARTS) is 1. The van der Waals surface area contributed by atoms with Crippen molar-refractivity contribution in [1.29, 1.82) is 0 Å². The second-order valence-corrected chi connectivity index (χ2v) is 5.41. The number of carbonyl (C=O) groups is 1. The summed E-state index contributed by atoms with van der Waals surface area (Å²) in [6, 6.07) is 0. The fraction of sp³-hybridized carbons (Fsp3) is 0.933. The average molecular weight is 273 g/mol. The maximum atomic E-state index is 10.5. The molecule has 0 aromatic rings. The fourth-order valence-corrected chi connectivity index (χ4v) is 2.18. The monoisotopic (exact) mass is 273 g/mol. The molecule has 0 saturated heterocycles. The molecule has 0 amide bonds. The van der Waals surface area contributed by atoms with E-state index in [0.29, 0.717) is 6.42 Å². The maximum Gasteiger partial charge on any atom is 0.317 e.